The van der Waals surface area contributed by atoms with Crippen LogP contribution in [-0.4, -0.2) is 45.4 Å². The topological polar surface area (TPSA) is 83.0 Å². The second-order valence-electron chi connectivity index (χ2n) is 7.08. The Bertz CT molecular complexity index is 697. The van der Waals surface area contributed by atoms with Gasteiger partial charge in [0.1, 0.15) is 0 Å². The Morgan fingerprint density at radius 1 is 1.27 bits per heavy atom. The highest BCUT2D eigenvalue weighted by atomic mass is 32.1. The van der Waals surface area contributed by atoms with Crippen LogP contribution in [-0.2, 0) is 11.3 Å². The van der Waals surface area contributed by atoms with E-state index in [0.717, 1.165) is 37.2 Å². The van der Waals surface area contributed by atoms with Gasteiger partial charge in [-0.25, -0.2) is 15.0 Å². The summed E-state index contributed by atoms with van der Waals surface area (Å²) in [6, 6.07) is 1.75. The normalized spacial score (nSPS) is 20.7. The zero-order valence-corrected chi connectivity index (χ0v) is 16.1. The van der Waals surface area contributed by atoms with Gasteiger partial charge >= 0.3 is 0 Å². The van der Waals surface area contributed by atoms with Gasteiger partial charge in [-0.3, -0.25) is 9.69 Å². The van der Waals surface area contributed by atoms with E-state index in [1.54, 1.807) is 18.5 Å². The summed E-state index contributed by atoms with van der Waals surface area (Å²) in [5, 5.41) is 8.60. The number of likely N-dealkylation sites (tertiary alicyclic amines) is 1. The number of nitrogens with zero attached hydrogens (tertiary/aromatic N) is 4. The molecule has 2 aromatic heterocycles. The molecule has 26 heavy (non-hydrogen) atoms. The smallest absolute Gasteiger partial charge is 0.227 e. The minimum absolute atomic E-state index is 0.0606. The number of nitrogens with one attached hydrogen (secondary N) is 2. The van der Waals surface area contributed by atoms with E-state index in [1.807, 2.05) is 5.38 Å². The molecule has 2 N–H and O–H groups in total. The third-order valence-corrected chi connectivity index (χ3v) is 5.14. The van der Waals surface area contributed by atoms with Gasteiger partial charge in [0.05, 0.1) is 5.69 Å². The second-order valence-corrected chi connectivity index (χ2v) is 7.94. The van der Waals surface area contributed by atoms with E-state index in [1.165, 1.54) is 17.8 Å². The molecule has 0 spiro atoms. The lowest BCUT2D eigenvalue weighted by Crippen LogP contribution is -2.38. The van der Waals surface area contributed by atoms with Crippen LogP contribution < -0.4 is 10.6 Å². The molecule has 1 saturated heterocycles. The van der Waals surface area contributed by atoms with E-state index in [0.29, 0.717) is 24.0 Å². The van der Waals surface area contributed by atoms with Crippen molar-refractivity contribution in [1.82, 2.24) is 19.9 Å². The molecule has 1 amide bonds. The maximum Gasteiger partial charge on any atom is 0.227 e. The molecule has 2 atom stereocenters. The van der Waals surface area contributed by atoms with Crippen LogP contribution in [0.5, 0.6) is 0 Å². The Morgan fingerprint density at radius 2 is 2.00 bits per heavy atom. The zero-order valence-electron chi connectivity index (χ0n) is 15.3. The maximum absolute atomic E-state index is 12.1. The summed E-state index contributed by atoms with van der Waals surface area (Å²) in [6.07, 6.45) is 4.97. The number of amides is 1. The van der Waals surface area contributed by atoms with Crippen molar-refractivity contribution in [1.29, 1.82) is 0 Å². The highest BCUT2D eigenvalue weighted by molar-refractivity contribution is 7.13. The predicted molar refractivity (Wildman–Crippen MR) is 104 cm³/mol. The van der Waals surface area contributed by atoms with Gasteiger partial charge in [0.2, 0.25) is 11.9 Å². The lowest BCUT2D eigenvalue weighted by Gasteiger charge is -2.34. The molecular weight excluding hydrogens is 348 g/mol. The van der Waals surface area contributed by atoms with Crippen LogP contribution in [0.4, 0.5) is 11.1 Å². The molecule has 3 rings (SSSR count). The van der Waals surface area contributed by atoms with Crippen LogP contribution >= 0.6 is 11.3 Å². The largest absolute Gasteiger partial charge is 0.354 e. The molecule has 7 nitrogen and oxygen atoms in total. The molecule has 1 aliphatic heterocycles. The van der Waals surface area contributed by atoms with Crippen molar-refractivity contribution in [2.75, 3.05) is 30.3 Å². The summed E-state index contributed by atoms with van der Waals surface area (Å²) in [5.74, 6) is 1.94. The predicted octanol–water partition coefficient (Wildman–Crippen LogP) is 2.85. The van der Waals surface area contributed by atoms with Crippen molar-refractivity contribution in [3.8, 4) is 0 Å². The van der Waals surface area contributed by atoms with Crippen molar-refractivity contribution in [3.05, 3.63) is 29.5 Å². The quantitative estimate of drug-likeness (QED) is 0.775. The zero-order chi connectivity index (χ0) is 18.4. The van der Waals surface area contributed by atoms with E-state index in [4.69, 9.17) is 0 Å². The third kappa shape index (κ3) is 5.74. The Hall–Kier alpha value is -2.06. The first-order chi connectivity index (χ1) is 12.6. The van der Waals surface area contributed by atoms with Crippen LogP contribution in [0.3, 0.4) is 0 Å². The molecule has 2 aromatic rings. The number of hydrogen-bond donors (Lipinski definition) is 2. The summed E-state index contributed by atoms with van der Waals surface area (Å²) in [7, 11) is 0. The maximum atomic E-state index is 12.1. The van der Waals surface area contributed by atoms with Crippen molar-refractivity contribution in [2.45, 2.75) is 33.2 Å². The number of carbonyl (C=O) groups is 1. The number of anilines is 2. The monoisotopic (exact) mass is 374 g/mol. The molecule has 0 radical (unpaired) electrons. The van der Waals surface area contributed by atoms with E-state index >= 15 is 0 Å². The molecule has 0 bridgehead atoms. The third-order valence-electron chi connectivity index (χ3n) is 4.33. The summed E-state index contributed by atoms with van der Waals surface area (Å²) < 4.78 is 0. The molecule has 1 fully saturated rings. The minimum Gasteiger partial charge on any atom is -0.354 e. The molecule has 140 valence electrons. The van der Waals surface area contributed by atoms with E-state index in [9.17, 15) is 4.79 Å². The summed E-state index contributed by atoms with van der Waals surface area (Å²) in [5.41, 5.74) is 1.03. The van der Waals surface area contributed by atoms with Crippen LogP contribution in [0, 0.1) is 11.8 Å². The van der Waals surface area contributed by atoms with Gasteiger partial charge in [-0.05, 0) is 24.3 Å². The number of aromatic nitrogens is 3. The van der Waals surface area contributed by atoms with Gasteiger partial charge < -0.3 is 10.6 Å². The summed E-state index contributed by atoms with van der Waals surface area (Å²) >= 11 is 1.48. The molecular formula is C18H26N6OS. The standard InChI is InChI=1S/C18H26N6OS/c1-13-8-14(2)10-24(9-13)11-15-12-26-18(22-15)23-16(25)4-7-21-17-19-5-3-6-20-17/h3,5-6,12-14H,4,7-11H2,1-2H3,(H,19,20,21)(H,22,23,25)/t13-,14-/m0/s1. The Kier molecular flexibility index (Phi) is 6.51. The van der Waals surface area contributed by atoms with Gasteiger partial charge in [0, 0.05) is 50.4 Å². The number of hydrogen-bond acceptors (Lipinski definition) is 7. The number of thiazole rings is 1. The van der Waals surface area contributed by atoms with E-state index in [-0.39, 0.29) is 5.91 Å². The second kappa shape index (κ2) is 9.05. The van der Waals surface area contributed by atoms with Crippen LogP contribution in [0.2, 0.25) is 0 Å². The molecule has 0 aromatic carbocycles. The van der Waals surface area contributed by atoms with Crippen molar-refractivity contribution >= 4 is 28.3 Å². The Labute approximate surface area is 158 Å². The van der Waals surface area contributed by atoms with Gasteiger partial charge in [-0.2, -0.15) is 0 Å². The lowest BCUT2D eigenvalue weighted by molar-refractivity contribution is -0.115. The molecule has 8 heteroatoms. The molecule has 0 aliphatic carbocycles. The molecule has 0 saturated carbocycles. The Balaban J connectivity index is 1.42. The molecule has 3 heterocycles. The van der Waals surface area contributed by atoms with Gasteiger partial charge in [-0.15, -0.1) is 11.3 Å². The number of piperidine rings is 1. The van der Waals surface area contributed by atoms with Crippen LogP contribution in [0.15, 0.2) is 23.8 Å². The number of rotatable bonds is 7. The summed E-state index contributed by atoms with van der Waals surface area (Å²) in [6.45, 7) is 8.20. The Morgan fingerprint density at radius 3 is 2.73 bits per heavy atom. The first kappa shape index (κ1) is 18.7. The highest BCUT2D eigenvalue weighted by Crippen LogP contribution is 2.24. The number of carbonyl (C=O) groups excluding carboxylic acids is 1. The average Bonchev–Trinajstić information content (AvgIpc) is 3.01. The molecule has 1 aliphatic rings. The van der Waals surface area contributed by atoms with Gasteiger partial charge in [-0.1, -0.05) is 13.8 Å². The first-order valence-electron chi connectivity index (χ1n) is 9.06. The first-order valence-corrected chi connectivity index (χ1v) is 9.94. The van der Waals surface area contributed by atoms with Crippen molar-refractivity contribution in [2.24, 2.45) is 11.8 Å². The van der Waals surface area contributed by atoms with Crippen LogP contribution in [0.1, 0.15) is 32.4 Å². The fourth-order valence-corrected chi connectivity index (χ4v) is 4.16. The van der Waals surface area contributed by atoms with Crippen LogP contribution in [0.25, 0.3) is 0 Å². The van der Waals surface area contributed by atoms with Crippen molar-refractivity contribution < 1.29 is 4.79 Å². The fourth-order valence-electron chi connectivity index (χ4n) is 3.45. The van der Waals surface area contributed by atoms with Gasteiger partial charge in [0.15, 0.2) is 5.13 Å². The van der Waals surface area contributed by atoms with Crippen molar-refractivity contribution in [3.63, 3.8) is 0 Å². The lowest BCUT2D eigenvalue weighted by atomic mass is 9.92. The average molecular weight is 375 g/mol. The highest BCUT2D eigenvalue weighted by Gasteiger charge is 2.22. The van der Waals surface area contributed by atoms with E-state index < -0.39 is 0 Å². The fraction of sp³-hybridized carbons (Fsp3) is 0.556. The SMILES string of the molecule is C[C@H]1C[C@H](C)CN(Cc2csc(NC(=O)CCNc3ncccn3)n2)C1. The van der Waals surface area contributed by atoms with E-state index in [2.05, 4.69) is 44.3 Å². The van der Waals surface area contributed by atoms with Gasteiger partial charge in [0.25, 0.3) is 0 Å². The summed E-state index contributed by atoms with van der Waals surface area (Å²) in [4.78, 5) is 27.2. The molecule has 0 unspecified atom stereocenters. The minimum atomic E-state index is -0.0606.